The van der Waals surface area contributed by atoms with Crippen LogP contribution in [0.1, 0.15) is 67.2 Å². The van der Waals surface area contributed by atoms with E-state index in [-0.39, 0.29) is 11.9 Å². The topological polar surface area (TPSA) is 36.0 Å². The molecule has 208 valence electrons. The van der Waals surface area contributed by atoms with Gasteiger partial charge in [0.1, 0.15) is 5.75 Å². The van der Waals surface area contributed by atoms with Gasteiger partial charge in [-0.25, -0.2) is 0 Å². The zero-order valence-electron chi connectivity index (χ0n) is 24.3. The second-order valence-electron chi connectivity index (χ2n) is 10.8. The van der Waals surface area contributed by atoms with Gasteiger partial charge in [-0.1, -0.05) is 54.6 Å². The van der Waals surface area contributed by atoms with Crippen LogP contribution < -0.4 is 4.74 Å². The molecule has 1 saturated heterocycles. The van der Waals surface area contributed by atoms with Crippen LogP contribution in [0.3, 0.4) is 0 Å². The SMILES string of the molecule is CCN(CC)C(=O)c1ccc(C(c2cccc(OC)c2)N2C[C@@H](C)N(CCCc3ccccc3)C[C@@H]2C)cc1. The van der Waals surface area contributed by atoms with E-state index in [1.54, 1.807) is 7.11 Å². The maximum atomic E-state index is 12.9. The molecule has 0 aromatic heterocycles. The molecule has 1 fully saturated rings. The van der Waals surface area contributed by atoms with Crippen molar-refractivity contribution in [2.75, 3.05) is 39.8 Å². The fourth-order valence-corrected chi connectivity index (χ4v) is 5.92. The quantitative estimate of drug-likeness (QED) is 0.293. The number of ether oxygens (including phenoxy) is 1. The molecule has 1 aliphatic heterocycles. The highest BCUT2D eigenvalue weighted by Gasteiger charge is 2.34. The Balaban J connectivity index is 1.54. The predicted octanol–water partition coefficient (Wildman–Crippen LogP) is 6.29. The van der Waals surface area contributed by atoms with Crippen molar-refractivity contribution in [3.05, 3.63) is 101 Å². The minimum atomic E-state index is 0.0848. The maximum absolute atomic E-state index is 12.9. The van der Waals surface area contributed by atoms with Crippen molar-refractivity contribution in [3.8, 4) is 5.75 Å². The molecule has 0 N–H and O–H groups in total. The van der Waals surface area contributed by atoms with Gasteiger partial charge in [-0.15, -0.1) is 0 Å². The van der Waals surface area contributed by atoms with Gasteiger partial charge in [0.15, 0.2) is 0 Å². The number of hydrogen-bond acceptors (Lipinski definition) is 4. The molecule has 3 aromatic rings. The minimum absolute atomic E-state index is 0.0848. The van der Waals surface area contributed by atoms with E-state index >= 15 is 0 Å². The third-order valence-corrected chi connectivity index (χ3v) is 8.18. The summed E-state index contributed by atoms with van der Waals surface area (Å²) in [5, 5.41) is 0. The Bertz CT molecular complexity index is 1180. The summed E-state index contributed by atoms with van der Waals surface area (Å²) < 4.78 is 5.60. The maximum Gasteiger partial charge on any atom is 0.253 e. The summed E-state index contributed by atoms with van der Waals surface area (Å²) in [5.74, 6) is 0.960. The first-order valence-corrected chi connectivity index (χ1v) is 14.5. The van der Waals surface area contributed by atoms with Crippen molar-refractivity contribution in [1.29, 1.82) is 0 Å². The predicted molar refractivity (Wildman–Crippen MR) is 160 cm³/mol. The summed E-state index contributed by atoms with van der Waals surface area (Å²) >= 11 is 0. The van der Waals surface area contributed by atoms with E-state index < -0.39 is 0 Å². The number of amides is 1. The molecule has 0 saturated carbocycles. The second kappa shape index (κ2) is 13.8. The lowest BCUT2D eigenvalue weighted by Crippen LogP contribution is -2.57. The van der Waals surface area contributed by atoms with E-state index in [0.717, 1.165) is 37.4 Å². The van der Waals surface area contributed by atoms with E-state index in [4.69, 9.17) is 4.74 Å². The lowest BCUT2D eigenvalue weighted by atomic mass is 9.92. The summed E-state index contributed by atoms with van der Waals surface area (Å²) in [4.78, 5) is 20.1. The van der Waals surface area contributed by atoms with E-state index in [0.29, 0.717) is 25.2 Å². The third-order valence-electron chi connectivity index (χ3n) is 8.18. The summed E-state index contributed by atoms with van der Waals surface area (Å²) in [7, 11) is 1.72. The molecule has 0 radical (unpaired) electrons. The molecular formula is C34H45N3O2. The molecule has 0 spiro atoms. The van der Waals surface area contributed by atoms with Gasteiger partial charge < -0.3 is 9.64 Å². The Hall–Kier alpha value is -3.15. The number of carbonyl (C=O) groups excluding carboxylic acids is 1. The number of hydrogen-bond donors (Lipinski definition) is 0. The number of aryl methyl sites for hydroxylation is 1. The highest BCUT2D eigenvalue weighted by molar-refractivity contribution is 5.94. The molecule has 1 unspecified atom stereocenters. The first kappa shape index (κ1) is 28.8. The molecule has 1 heterocycles. The molecule has 5 nitrogen and oxygen atoms in total. The van der Waals surface area contributed by atoms with Crippen LogP contribution in [0.25, 0.3) is 0 Å². The van der Waals surface area contributed by atoms with Crippen molar-refractivity contribution < 1.29 is 9.53 Å². The zero-order chi connectivity index (χ0) is 27.8. The van der Waals surface area contributed by atoms with Crippen molar-refractivity contribution >= 4 is 5.91 Å². The van der Waals surface area contributed by atoms with Crippen molar-refractivity contribution in [2.45, 2.75) is 58.7 Å². The van der Waals surface area contributed by atoms with Crippen LogP contribution in [0.4, 0.5) is 0 Å². The average molecular weight is 528 g/mol. The fraction of sp³-hybridized carbons (Fsp3) is 0.441. The fourth-order valence-electron chi connectivity index (χ4n) is 5.92. The summed E-state index contributed by atoms with van der Waals surface area (Å²) in [6, 6.07) is 28.4. The van der Waals surface area contributed by atoms with E-state index in [1.165, 1.54) is 23.1 Å². The van der Waals surface area contributed by atoms with Gasteiger partial charge in [0.25, 0.3) is 5.91 Å². The lowest BCUT2D eigenvalue weighted by molar-refractivity contribution is 0.0235. The van der Waals surface area contributed by atoms with E-state index in [1.807, 2.05) is 36.9 Å². The average Bonchev–Trinajstić information content (AvgIpc) is 2.97. The van der Waals surface area contributed by atoms with Crippen LogP contribution >= 0.6 is 0 Å². The van der Waals surface area contributed by atoms with Gasteiger partial charge in [0.2, 0.25) is 0 Å². The molecule has 5 heteroatoms. The highest BCUT2D eigenvalue weighted by Crippen LogP contribution is 2.35. The van der Waals surface area contributed by atoms with Crippen molar-refractivity contribution in [2.24, 2.45) is 0 Å². The van der Waals surface area contributed by atoms with Crippen LogP contribution in [0.2, 0.25) is 0 Å². The number of rotatable bonds is 11. The van der Waals surface area contributed by atoms with Crippen LogP contribution in [0.5, 0.6) is 5.75 Å². The van der Waals surface area contributed by atoms with Crippen LogP contribution in [0.15, 0.2) is 78.9 Å². The number of benzene rings is 3. The molecule has 0 bridgehead atoms. The van der Waals surface area contributed by atoms with Crippen LogP contribution in [-0.4, -0.2) is 72.5 Å². The Morgan fingerprint density at radius 2 is 1.62 bits per heavy atom. The molecule has 1 aliphatic rings. The van der Waals surface area contributed by atoms with Gasteiger partial charge in [-0.3, -0.25) is 14.6 Å². The Morgan fingerprint density at radius 3 is 2.28 bits per heavy atom. The molecular weight excluding hydrogens is 482 g/mol. The number of nitrogens with zero attached hydrogens (tertiary/aromatic N) is 3. The first-order valence-electron chi connectivity index (χ1n) is 14.5. The Morgan fingerprint density at radius 1 is 0.897 bits per heavy atom. The van der Waals surface area contributed by atoms with E-state index in [9.17, 15) is 4.79 Å². The molecule has 3 atom stereocenters. The van der Waals surface area contributed by atoms with Gasteiger partial charge in [-0.05, 0) is 88.0 Å². The largest absolute Gasteiger partial charge is 0.497 e. The van der Waals surface area contributed by atoms with Gasteiger partial charge in [0, 0.05) is 43.8 Å². The third kappa shape index (κ3) is 7.09. The van der Waals surface area contributed by atoms with Crippen LogP contribution in [0, 0.1) is 0 Å². The zero-order valence-corrected chi connectivity index (χ0v) is 24.3. The van der Waals surface area contributed by atoms with Gasteiger partial charge in [0.05, 0.1) is 13.2 Å². The molecule has 39 heavy (non-hydrogen) atoms. The summed E-state index contributed by atoms with van der Waals surface area (Å²) in [5.41, 5.74) is 4.58. The summed E-state index contributed by atoms with van der Waals surface area (Å²) in [6.07, 6.45) is 2.29. The van der Waals surface area contributed by atoms with Gasteiger partial charge in [-0.2, -0.15) is 0 Å². The van der Waals surface area contributed by atoms with Crippen molar-refractivity contribution in [1.82, 2.24) is 14.7 Å². The van der Waals surface area contributed by atoms with E-state index in [2.05, 4.69) is 84.3 Å². The normalized spacial score (nSPS) is 19.0. The first-order chi connectivity index (χ1) is 18.9. The molecule has 4 rings (SSSR count). The summed E-state index contributed by atoms with van der Waals surface area (Å²) in [6.45, 7) is 13.3. The monoisotopic (exact) mass is 527 g/mol. The highest BCUT2D eigenvalue weighted by atomic mass is 16.5. The standard InChI is InChI=1S/C34H45N3O2/c1-6-35(7-2)34(38)30-20-18-29(19-21-30)33(31-16-11-17-32(23-31)39-5)37-25-26(3)36(24-27(37)4)22-12-15-28-13-9-8-10-14-28/h8-11,13-14,16-21,23,26-27,33H,6-7,12,15,22,24-25H2,1-5H3/t26-,27+,33?/m1/s1. The molecule has 3 aromatic carbocycles. The number of methoxy groups -OCH3 is 1. The second-order valence-corrected chi connectivity index (χ2v) is 10.8. The van der Waals surface area contributed by atoms with Crippen molar-refractivity contribution in [3.63, 3.8) is 0 Å². The smallest absolute Gasteiger partial charge is 0.253 e. The minimum Gasteiger partial charge on any atom is -0.497 e. The van der Waals surface area contributed by atoms with Gasteiger partial charge >= 0.3 is 0 Å². The molecule has 0 aliphatic carbocycles. The Labute approximate surface area is 235 Å². The number of carbonyl (C=O) groups is 1. The molecule has 1 amide bonds. The lowest BCUT2D eigenvalue weighted by Gasteiger charge is -2.48. The van der Waals surface area contributed by atoms with Crippen LogP contribution in [-0.2, 0) is 6.42 Å². The number of piperazine rings is 1. The Kier molecular flexibility index (Phi) is 10.2.